The minimum absolute atomic E-state index is 0.0268. The molecule has 0 aromatic heterocycles. The van der Waals surface area contributed by atoms with Gasteiger partial charge in [0.1, 0.15) is 12.1 Å². The number of aliphatic carboxylic acids is 1. The fourth-order valence-electron chi connectivity index (χ4n) is 8.90. The summed E-state index contributed by atoms with van der Waals surface area (Å²) in [4.78, 5) is 33.8. The molecule has 400 valence electrons. The molecular formula is C56H112NO9P. The molecule has 67 heavy (non-hydrogen) atoms. The summed E-state index contributed by atoms with van der Waals surface area (Å²) in [7, 11) is -4.62. The molecule has 0 aliphatic carbocycles. The monoisotopic (exact) mass is 974 g/mol. The summed E-state index contributed by atoms with van der Waals surface area (Å²) in [5.41, 5.74) is 5.39. The largest absolute Gasteiger partial charge is 0.480 e. The van der Waals surface area contributed by atoms with Gasteiger partial charge >= 0.3 is 19.8 Å². The zero-order valence-corrected chi connectivity index (χ0v) is 45.2. The maximum Gasteiger partial charge on any atom is 0.472 e. The van der Waals surface area contributed by atoms with E-state index in [1.165, 1.54) is 250 Å². The number of rotatable bonds is 57. The van der Waals surface area contributed by atoms with E-state index in [0.717, 1.165) is 38.5 Å². The third-order valence-corrected chi connectivity index (χ3v) is 14.3. The second-order valence-electron chi connectivity index (χ2n) is 20.1. The lowest BCUT2D eigenvalue weighted by atomic mass is 10.0. The molecule has 0 aromatic rings. The third kappa shape index (κ3) is 52.6. The number of unbranched alkanes of at least 4 members (excludes halogenated alkanes) is 43. The quantitative estimate of drug-likeness (QED) is 0.0305. The molecule has 0 radical (unpaired) electrons. The molecule has 0 heterocycles. The molecular weight excluding hydrogens is 862 g/mol. The first-order valence-electron chi connectivity index (χ1n) is 29.1. The molecule has 3 atom stereocenters. The Morgan fingerprint density at radius 2 is 0.687 bits per heavy atom. The number of ether oxygens (including phenoxy) is 2. The van der Waals surface area contributed by atoms with Crippen LogP contribution >= 0.6 is 7.82 Å². The third-order valence-electron chi connectivity index (χ3n) is 13.4. The van der Waals surface area contributed by atoms with Crippen LogP contribution in [0.5, 0.6) is 0 Å². The minimum Gasteiger partial charge on any atom is -0.480 e. The van der Waals surface area contributed by atoms with Crippen LogP contribution in [0, 0.1) is 0 Å². The van der Waals surface area contributed by atoms with Crippen LogP contribution in [0.1, 0.15) is 309 Å². The van der Waals surface area contributed by atoms with Gasteiger partial charge in [0.05, 0.1) is 19.8 Å². The summed E-state index contributed by atoms with van der Waals surface area (Å²) in [6.45, 7) is 3.98. The van der Waals surface area contributed by atoms with E-state index in [4.69, 9.17) is 29.4 Å². The molecule has 0 aliphatic rings. The average Bonchev–Trinajstić information content (AvgIpc) is 3.31. The Hall–Kier alpha value is -1.03. The van der Waals surface area contributed by atoms with Gasteiger partial charge in [-0.05, 0) is 12.8 Å². The number of phosphoric acid groups is 1. The van der Waals surface area contributed by atoms with Gasteiger partial charge in [-0.15, -0.1) is 0 Å². The van der Waals surface area contributed by atoms with E-state index >= 15 is 0 Å². The van der Waals surface area contributed by atoms with E-state index < -0.39 is 45.1 Å². The van der Waals surface area contributed by atoms with Gasteiger partial charge in [-0.2, -0.15) is 0 Å². The van der Waals surface area contributed by atoms with E-state index in [9.17, 15) is 19.0 Å². The van der Waals surface area contributed by atoms with Gasteiger partial charge in [0, 0.05) is 13.0 Å². The molecule has 0 spiro atoms. The van der Waals surface area contributed by atoms with Crippen molar-refractivity contribution in [3.05, 3.63) is 0 Å². The SMILES string of the molecule is CCCCCCCCCCCCCCCCCCCCCCCCCC(=O)OC(COCCCCCCCCCCCCCCCCCCCCCCCC)COP(=O)(O)OCC(N)C(=O)O. The fraction of sp³-hybridized carbons (Fsp3) is 0.964. The van der Waals surface area contributed by atoms with Crippen LogP contribution in [0.15, 0.2) is 0 Å². The Balaban J connectivity index is 4.00. The van der Waals surface area contributed by atoms with Crippen LogP contribution in [0.25, 0.3) is 0 Å². The number of carboxylic acids is 1. The van der Waals surface area contributed by atoms with Crippen LogP contribution in [0.4, 0.5) is 0 Å². The molecule has 3 unspecified atom stereocenters. The summed E-state index contributed by atoms with van der Waals surface area (Å²) in [5.74, 6) is -1.76. The fourth-order valence-corrected chi connectivity index (χ4v) is 9.68. The van der Waals surface area contributed by atoms with Crippen molar-refractivity contribution >= 4 is 19.8 Å². The number of hydrogen-bond donors (Lipinski definition) is 3. The van der Waals surface area contributed by atoms with Crippen molar-refractivity contribution in [3.63, 3.8) is 0 Å². The molecule has 0 aromatic carbocycles. The van der Waals surface area contributed by atoms with Crippen LogP contribution in [-0.2, 0) is 32.7 Å². The molecule has 0 bridgehead atoms. The maximum absolute atomic E-state index is 12.7. The summed E-state index contributed by atoms with van der Waals surface area (Å²) >= 11 is 0. The first kappa shape index (κ1) is 66.0. The lowest BCUT2D eigenvalue weighted by Crippen LogP contribution is -2.34. The van der Waals surface area contributed by atoms with Gasteiger partial charge in [-0.25, -0.2) is 4.57 Å². The van der Waals surface area contributed by atoms with Crippen molar-refractivity contribution in [3.8, 4) is 0 Å². The van der Waals surface area contributed by atoms with Crippen molar-refractivity contribution < 1.29 is 42.7 Å². The van der Waals surface area contributed by atoms with Gasteiger partial charge in [0.25, 0.3) is 0 Å². The van der Waals surface area contributed by atoms with Crippen molar-refractivity contribution in [1.82, 2.24) is 0 Å². The number of carbonyl (C=O) groups excluding carboxylic acids is 1. The zero-order valence-electron chi connectivity index (χ0n) is 44.3. The summed E-state index contributed by atoms with van der Waals surface area (Å²) in [6.07, 6.45) is 58.9. The topological polar surface area (TPSA) is 155 Å². The predicted molar refractivity (Wildman–Crippen MR) is 282 cm³/mol. The second kappa shape index (κ2) is 52.8. The summed E-state index contributed by atoms with van der Waals surface area (Å²) in [6, 6.07) is -1.47. The van der Waals surface area contributed by atoms with E-state index in [2.05, 4.69) is 13.8 Å². The molecule has 4 N–H and O–H groups in total. The molecule has 0 amide bonds. The smallest absolute Gasteiger partial charge is 0.472 e. The minimum atomic E-state index is -4.62. The highest BCUT2D eigenvalue weighted by Gasteiger charge is 2.27. The molecule has 0 saturated carbocycles. The summed E-state index contributed by atoms with van der Waals surface area (Å²) in [5, 5.41) is 8.95. The van der Waals surface area contributed by atoms with E-state index in [-0.39, 0.29) is 13.0 Å². The number of esters is 1. The Kier molecular flexibility index (Phi) is 52.0. The van der Waals surface area contributed by atoms with E-state index in [1.807, 2.05) is 0 Å². The standard InChI is InChI=1S/C56H112NO9P/c1-3-5-7-9-11-13-15-17-19-21-23-25-27-28-30-32-34-36-38-40-42-44-46-48-55(58)66-53(51-64-67(61,62)65-52-54(57)56(59)60)50-63-49-47-45-43-41-39-37-35-33-31-29-26-24-22-20-18-16-14-12-10-8-6-4-2/h53-54H,3-52,57H2,1-2H3,(H,59,60)(H,61,62). The maximum atomic E-state index is 12.7. The highest BCUT2D eigenvalue weighted by atomic mass is 31.2. The highest BCUT2D eigenvalue weighted by Crippen LogP contribution is 2.43. The van der Waals surface area contributed by atoms with Gasteiger partial charge in [0.2, 0.25) is 0 Å². The lowest BCUT2D eigenvalue weighted by Gasteiger charge is -2.20. The Bertz CT molecular complexity index is 1080. The van der Waals surface area contributed by atoms with Gasteiger partial charge in [0.15, 0.2) is 0 Å². The van der Waals surface area contributed by atoms with Gasteiger partial charge < -0.3 is 25.2 Å². The van der Waals surface area contributed by atoms with Crippen LogP contribution < -0.4 is 5.73 Å². The van der Waals surface area contributed by atoms with E-state index in [1.54, 1.807) is 0 Å². The first-order valence-corrected chi connectivity index (χ1v) is 30.6. The van der Waals surface area contributed by atoms with Crippen LogP contribution in [0.2, 0.25) is 0 Å². The normalized spacial score (nSPS) is 13.5. The zero-order chi connectivity index (χ0) is 49.0. The number of nitrogens with two attached hydrogens (primary N) is 1. The summed E-state index contributed by atoms with van der Waals surface area (Å²) < 4.78 is 33.6. The number of phosphoric ester groups is 1. The molecule has 10 nitrogen and oxygen atoms in total. The number of hydrogen-bond acceptors (Lipinski definition) is 8. The molecule has 11 heteroatoms. The lowest BCUT2D eigenvalue weighted by molar-refractivity contribution is -0.154. The van der Waals surface area contributed by atoms with Crippen molar-refractivity contribution in [2.75, 3.05) is 26.4 Å². The van der Waals surface area contributed by atoms with Gasteiger partial charge in [-0.3, -0.25) is 18.6 Å². The van der Waals surface area contributed by atoms with Crippen molar-refractivity contribution in [1.29, 1.82) is 0 Å². The van der Waals surface area contributed by atoms with Crippen LogP contribution in [-0.4, -0.2) is 60.5 Å². The van der Waals surface area contributed by atoms with Crippen LogP contribution in [0.3, 0.4) is 0 Å². The van der Waals surface area contributed by atoms with E-state index in [0.29, 0.717) is 6.61 Å². The Labute approximate surface area is 414 Å². The van der Waals surface area contributed by atoms with Crippen molar-refractivity contribution in [2.45, 2.75) is 321 Å². The molecule has 0 aliphatic heterocycles. The molecule has 0 fully saturated rings. The number of carboxylic acid groups (broad SMARTS) is 1. The Morgan fingerprint density at radius 1 is 0.418 bits per heavy atom. The van der Waals surface area contributed by atoms with Gasteiger partial charge in [-0.1, -0.05) is 290 Å². The highest BCUT2D eigenvalue weighted by molar-refractivity contribution is 7.47. The first-order chi connectivity index (χ1) is 32.7. The second-order valence-corrected chi connectivity index (χ2v) is 21.6. The van der Waals surface area contributed by atoms with Crippen molar-refractivity contribution in [2.24, 2.45) is 5.73 Å². The molecule has 0 rings (SSSR count). The average molecular weight is 974 g/mol. The predicted octanol–water partition coefficient (Wildman–Crippen LogP) is 17.4. The molecule has 0 saturated heterocycles. The number of carbonyl (C=O) groups is 2. The Morgan fingerprint density at radius 3 is 0.985 bits per heavy atom.